The Labute approximate surface area is 122 Å². The van der Waals surface area contributed by atoms with Gasteiger partial charge in [-0.05, 0) is 32.0 Å². The highest BCUT2D eigenvalue weighted by Crippen LogP contribution is 2.27. The van der Waals surface area contributed by atoms with Crippen molar-refractivity contribution in [2.45, 2.75) is 19.4 Å². The Morgan fingerprint density at radius 2 is 1.95 bits per heavy atom. The van der Waals surface area contributed by atoms with Crippen LogP contribution < -0.4 is 9.47 Å². The van der Waals surface area contributed by atoms with E-state index in [0.29, 0.717) is 22.4 Å². The fourth-order valence-corrected chi connectivity index (χ4v) is 1.90. The zero-order chi connectivity index (χ0) is 14.6. The third-order valence-electron chi connectivity index (χ3n) is 3.18. The summed E-state index contributed by atoms with van der Waals surface area (Å²) in [5.41, 5.74) is 0.212. The van der Waals surface area contributed by atoms with Crippen molar-refractivity contribution in [2.75, 3.05) is 26.6 Å². The van der Waals surface area contributed by atoms with E-state index in [1.807, 2.05) is 13.8 Å². The number of ether oxygens (including phenoxy) is 2. The summed E-state index contributed by atoms with van der Waals surface area (Å²) in [4.78, 5) is 14.3. The zero-order valence-electron chi connectivity index (χ0n) is 12.0. The molecule has 0 aliphatic rings. The predicted molar refractivity (Wildman–Crippen MR) is 79.5 cm³/mol. The summed E-state index contributed by atoms with van der Waals surface area (Å²) < 4.78 is 10.4. The minimum absolute atomic E-state index is 0.0970. The first-order valence-electron chi connectivity index (χ1n) is 5.93. The van der Waals surface area contributed by atoms with Crippen molar-refractivity contribution >= 4 is 21.8 Å². The monoisotopic (exact) mass is 329 g/mol. The van der Waals surface area contributed by atoms with Gasteiger partial charge in [0.2, 0.25) is 0 Å². The van der Waals surface area contributed by atoms with Gasteiger partial charge in [-0.25, -0.2) is 0 Å². The number of alkyl halides is 1. The number of nitrogens with zero attached hydrogens (tertiary/aromatic N) is 1. The SMILES string of the molecule is COc1ccc(OC)c(C(=O)N(C)C(C)(C)CBr)c1. The van der Waals surface area contributed by atoms with Gasteiger partial charge in [0.15, 0.2) is 0 Å². The molecule has 0 atom stereocenters. The second-order valence-electron chi connectivity index (χ2n) is 4.88. The molecule has 1 amide bonds. The molecule has 0 heterocycles. The first-order chi connectivity index (χ1) is 8.87. The number of benzene rings is 1. The third-order valence-corrected chi connectivity index (χ3v) is 4.55. The molecule has 0 radical (unpaired) electrons. The molecule has 0 unspecified atom stereocenters. The third kappa shape index (κ3) is 3.41. The van der Waals surface area contributed by atoms with Gasteiger partial charge >= 0.3 is 0 Å². The van der Waals surface area contributed by atoms with E-state index in [1.54, 1.807) is 44.4 Å². The lowest BCUT2D eigenvalue weighted by Gasteiger charge is -2.34. The van der Waals surface area contributed by atoms with Crippen LogP contribution >= 0.6 is 15.9 Å². The van der Waals surface area contributed by atoms with Crippen LogP contribution in [0, 0.1) is 0 Å². The average molecular weight is 330 g/mol. The quantitative estimate of drug-likeness (QED) is 0.779. The maximum atomic E-state index is 12.6. The van der Waals surface area contributed by atoms with E-state index in [1.165, 1.54) is 0 Å². The predicted octanol–water partition coefficient (Wildman–Crippen LogP) is 2.95. The van der Waals surface area contributed by atoms with Crippen LogP contribution in [-0.4, -0.2) is 42.9 Å². The van der Waals surface area contributed by atoms with Crippen molar-refractivity contribution < 1.29 is 14.3 Å². The van der Waals surface area contributed by atoms with E-state index in [2.05, 4.69) is 15.9 Å². The topological polar surface area (TPSA) is 38.8 Å². The molecule has 0 aromatic heterocycles. The molecule has 0 bridgehead atoms. The van der Waals surface area contributed by atoms with E-state index in [9.17, 15) is 4.79 Å². The summed E-state index contributed by atoms with van der Waals surface area (Å²) >= 11 is 3.43. The normalized spacial score (nSPS) is 11.1. The molecule has 106 valence electrons. The van der Waals surface area contributed by atoms with Crippen LogP contribution in [0.3, 0.4) is 0 Å². The minimum Gasteiger partial charge on any atom is -0.497 e. The van der Waals surface area contributed by atoms with Gasteiger partial charge in [-0.3, -0.25) is 4.79 Å². The molecule has 0 aliphatic carbocycles. The Morgan fingerprint density at radius 3 is 2.42 bits per heavy atom. The Morgan fingerprint density at radius 1 is 1.32 bits per heavy atom. The van der Waals surface area contributed by atoms with Crippen LogP contribution in [0.2, 0.25) is 0 Å². The van der Waals surface area contributed by atoms with Gasteiger partial charge in [0.05, 0.1) is 19.8 Å². The van der Waals surface area contributed by atoms with Gasteiger partial charge in [-0.1, -0.05) is 15.9 Å². The van der Waals surface area contributed by atoms with Crippen molar-refractivity contribution in [3.63, 3.8) is 0 Å². The molecule has 0 spiro atoms. The minimum atomic E-state index is -0.287. The van der Waals surface area contributed by atoms with E-state index in [-0.39, 0.29) is 11.4 Å². The van der Waals surface area contributed by atoms with Gasteiger partial charge < -0.3 is 14.4 Å². The highest BCUT2D eigenvalue weighted by atomic mass is 79.9. The Balaban J connectivity index is 3.17. The van der Waals surface area contributed by atoms with Crippen LogP contribution in [0.4, 0.5) is 0 Å². The molecule has 1 aromatic rings. The lowest BCUT2D eigenvalue weighted by molar-refractivity contribution is 0.0660. The van der Waals surface area contributed by atoms with Crippen molar-refractivity contribution in [3.05, 3.63) is 23.8 Å². The molecule has 4 nitrogen and oxygen atoms in total. The fourth-order valence-electron chi connectivity index (χ4n) is 1.53. The summed E-state index contributed by atoms with van der Waals surface area (Å²) in [5, 5.41) is 0.689. The van der Waals surface area contributed by atoms with Crippen LogP contribution in [0.15, 0.2) is 18.2 Å². The van der Waals surface area contributed by atoms with E-state index in [0.717, 1.165) is 0 Å². The van der Waals surface area contributed by atoms with Gasteiger partial charge in [0.25, 0.3) is 5.91 Å². The van der Waals surface area contributed by atoms with E-state index < -0.39 is 0 Å². The number of rotatable bonds is 5. The van der Waals surface area contributed by atoms with Gasteiger partial charge in [-0.2, -0.15) is 0 Å². The molecule has 5 heteroatoms. The number of carbonyl (C=O) groups is 1. The summed E-state index contributed by atoms with van der Waals surface area (Å²) in [6, 6.07) is 5.20. The molecule has 0 fully saturated rings. The highest BCUT2D eigenvalue weighted by molar-refractivity contribution is 9.09. The molecular formula is C14H20BrNO3. The fraction of sp³-hybridized carbons (Fsp3) is 0.500. The average Bonchev–Trinajstić information content (AvgIpc) is 2.44. The molecule has 0 aliphatic heterocycles. The lowest BCUT2D eigenvalue weighted by atomic mass is 10.0. The van der Waals surface area contributed by atoms with Crippen LogP contribution in [0.25, 0.3) is 0 Å². The number of methoxy groups -OCH3 is 2. The summed E-state index contributed by atoms with van der Waals surface area (Å²) in [6.07, 6.45) is 0. The molecule has 1 aromatic carbocycles. The Hall–Kier alpha value is -1.23. The molecular weight excluding hydrogens is 310 g/mol. The molecule has 0 saturated heterocycles. The van der Waals surface area contributed by atoms with Gasteiger partial charge in [0.1, 0.15) is 11.5 Å². The maximum absolute atomic E-state index is 12.6. The van der Waals surface area contributed by atoms with Crippen LogP contribution in [-0.2, 0) is 0 Å². The van der Waals surface area contributed by atoms with Gasteiger partial charge in [-0.15, -0.1) is 0 Å². The summed E-state index contributed by atoms with van der Waals surface area (Å²) in [7, 11) is 4.90. The first-order valence-corrected chi connectivity index (χ1v) is 7.05. The second kappa shape index (κ2) is 6.28. The Bertz CT molecular complexity index is 460. The van der Waals surface area contributed by atoms with Crippen molar-refractivity contribution in [1.82, 2.24) is 4.90 Å². The van der Waals surface area contributed by atoms with Crippen LogP contribution in [0.1, 0.15) is 24.2 Å². The second-order valence-corrected chi connectivity index (χ2v) is 5.44. The molecule has 0 saturated carbocycles. The largest absolute Gasteiger partial charge is 0.497 e. The maximum Gasteiger partial charge on any atom is 0.257 e. The smallest absolute Gasteiger partial charge is 0.257 e. The number of carbonyl (C=O) groups excluding carboxylic acids is 1. The van der Waals surface area contributed by atoms with E-state index in [4.69, 9.17) is 9.47 Å². The van der Waals surface area contributed by atoms with Crippen LogP contribution in [0.5, 0.6) is 11.5 Å². The number of hydrogen-bond donors (Lipinski definition) is 0. The molecule has 0 N–H and O–H groups in total. The first kappa shape index (κ1) is 15.8. The van der Waals surface area contributed by atoms with Crippen molar-refractivity contribution in [2.24, 2.45) is 0 Å². The number of hydrogen-bond acceptors (Lipinski definition) is 3. The van der Waals surface area contributed by atoms with Gasteiger partial charge in [0, 0.05) is 17.9 Å². The zero-order valence-corrected chi connectivity index (χ0v) is 13.6. The lowest BCUT2D eigenvalue weighted by Crippen LogP contribution is -2.46. The van der Waals surface area contributed by atoms with E-state index >= 15 is 0 Å². The molecule has 1 rings (SSSR count). The number of halogens is 1. The number of amides is 1. The highest BCUT2D eigenvalue weighted by Gasteiger charge is 2.29. The van der Waals surface area contributed by atoms with Crippen molar-refractivity contribution in [3.8, 4) is 11.5 Å². The summed E-state index contributed by atoms with van der Waals surface area (Å²) in [5.74, 6) is 1.08. The molecule has 19 heavy (non-hydrogen) atoms. The Kier molecular flexibility index (Phi) is 5.23. The van der Waals surface area contributed by atoms with Crippen molar-refractivity contribution in [1.29, 1.82) is 0 Å². The summed E-state index contributed by atoms with van der Waals surface area (Å²) in [6.45, 7) is 3.98. The standard InChI is InChI=1S/C14H20BrNO3/c1-14(2,9-15)16(3)13(17)11-8-10(18-4)6-7-12(11)19-5/h6-8H,9H2,1-5H3.